The zero-order chi connectivity index (χ0) is 14.2. The minimum absolute atomic E-state index is 0.218. The van der Waals surface area contributed by atoms with Gasteiger partial charge in [-0.05, 0) is 11.6 Å². The van der Waals surface area contributed by atoms with Crippen molar-refractivity contribution in [1.82, 2.24) is 15.2 Å². The fourth-order valence-electron chi connectivity index (χ4n) is 2.67. The molecule has 0 amide bonds. The number of nitrogens with one attached hydrogen (secondary N) is 1. The van der Waals surface area contributed by atoms with Gasteiger partial charge in [-0.1, -0.05) is 48.5 Å². The Hall–Kier alpha value is -3.01. The predicted molar refractivity (Wildman–Crippen MR) is 83.1 cm³/mol. The molecule has 0 bridgehead atoms. The van der Waals surface area contributed by atoms with E-state index in [2.05, 4.69) is 15.2 Å². The third-order valence-electron chi connectivity index (χ3n) is 3.56. The third-order valence-corrected chi connectivity index (χ3v) is 3.56. The number of nitrogens with zero attached hydrogens (tertiary/aromatic N) is 2. The van der Waals surface area contributed by atoms with Crippen LogP contribution in [0.15, 0.2) is 65.6 Å². The lowest BCUT2D eigenvalue weighted by Gasteiger charge is -2.09. The number of aromatic nitrogens is 3. The van der Waals surface area contributed by atoms with Crippen LogP contribution in [-0.2, 0) is 0 Å². The molecule has 0 atom stereocenters. The molecule has 0 aliphatic carbocycles. The third kappa shape index (κ3) is 1.80. The van der Waals surface area contributed by atoms with Crippen LogP contribution in [0, 0.1) is 0 Å². The summed E-state index contributed by atoms with van der Waals surface area (Å²) in [6.45, 7) is 0. The van der Waals surface area contributed by atoms with E-state index in [-0.39, 0.29) is 5.56 Å². The number of fused-ring (bicyclic) bond motifs is 2. The number of rotatable bonds is 1. The van der Waals surface area contributed by atoms with Crippen LogP contribution in [0.5, 0.6) is 0 Å². The number of aromatic amines is 1. The molecule has 2 aromatic heterocycles. The topological polar surface area (TPSA) is 58.6 Å². The lowest BCUT2D eigenvalue weighted by molar-refractivity contribution is 1.01. The lowest BCUT2D eigenvalue weighted by atomic mass is 9.97. The average Bonchev–Trinajstić information content (AvgIpc) is 2.54. The Labute approximate surface area is 120 Å². The molecule has 0 saturated carbocycles. The number of benzene rings is 2. The highest BCUT2D eigenvalue weighted by molar-refractivity contribution is 6.08. The van der Waals surface area contributed by atoms with Crippen LogP contribution in [0.4, 0.5) is 0 Å². The van der Waals surface area contributed by atoms with E-state index in [1.165, 1.54) is 0 Å². The molecule has 4 aromatic rings. The van der Waals surface area contributed by atoms with E-state index in [0.717, 1.165) is 22.0 Å². The summed E-state index contributed by atoms with van der Waals surface area (Å²) in [5.74, 6) is 0. The summed E-state index contributed by atoms with van der Waals surface area (Å²) in [6.07, 6.45) is 1.59. The van der Waals surface area contributed by atoms with Crippen molar-refractivity contribution < 1.29 is 0 Å². The maximum Gasteiger partial charge on any atom is 0.274 e. The standard InChI is InChI=1S/C17H11N3O/c21-17-16-14(10-18-20-17)19-13-9-5-4-8-12(13)15(16)11-6-2-1-3-7-11/h1-10H,(H,20,21). The van der Waals surface area contributed by atoms with Gasteiger partial charge in [-0.2, -0.15) is 5.10 Å². The second-order valence-corrected chi connectivity index (χ2v) is 4.83. The Morgan fingerprint density at radius 3 is 2.48 bits per heavy atom. The lowest BCUT2D eigenvalue weighted by Crippen LogP contribution is -2.10. The van der Waals surface area contributed by atoms with Crippen molar-refractivity contribution in [2.24, 2.45) is 0 Å². The van der Waals surface area contributed by atoms with Crippen LogP contribution in [0.25, 0.3) is 32.9 Å². The molecule has 0 radical (unpaired) electrons. The molecule has 0 spiro atoms. The number of pyridine rings is 1. The highest BCUT2D eigenvalue weighted by atomic mass is 16.1. The van der Waals surface area contributed by atoms with E-state index in [1.807, 2.05) is 54.6 Å². The predicted octanol–water partition coefficient (Wildman–Crippen LogP) is 3.14. The van der Waals surface area contributed by atoms with Crippen molar-refractivity contribution >= 4 is 21.8 Å². The first-order chi connectivity index (χ1) is 10.3. The van der Waals surface area contributed by atoms with Gasteiger partial charge < -0.3 is 0 Å². The number of H-pyrrole nitrogens is 1. The van der Waals surface area contributed by atoms with Gasteiger partial charge in [0, 0.05) is 10.9 Å². The molecule has 0 aliphatic heterocycles. The molecule has 2 heterocycles. The highest BCUT2D eigenvalue weighted by Crippen LogP contribution is 2.32. The first-order valence-electron chi connectivity index (χ1n) is 6.66. The molecule has 4 nitrogen and oxygen atoms in total. The van der Waals surface area contributed by atoms with Crippen molar-refractivity contribution in [3.63, 3.8) is 0 Å². The SMILES string of the molecule is O=c1[nH]ncc2nc3ccccc3c(-c3ccccc3)c12. The van der Waals surface area contributed by atoms with Crippen LogP contribution in [0.1, 0.15) is 0 Å². The molecular formula is C17H11N3O. The van der Waals surface area contributed by atoms with Gasteiger partial charge in [-0.15, -0.1) is 0 Å². The van der Waals surface area contributed by atoms with E-state index in [9.17, 15) is 4.79 Å². The first kappa shape index (κ1) is 11.8. The summed E-state index contributed by atoms with van der Waals surface area (Å²) >= 11 is 0. The zero-order valence-corrected chi connectivity index (χ0v) is 11.1. The fourth-order valence-corrected chi connectivity index (χ4v) is 2.67. The molecular weight excluding hydrogens is 262 g/mol. The Balaban J connectivity index is 2.30. The first-order valence-corrected chi connectivity index (χ1v) is 6.66. The Morgan fingerprint density at radius 1 is 0.857 bits per heavy atom. The van der Waals surface area contributed by atoms with Gasteiger partial charge >= 0.3 is 0 Å². The molecule has 0 aliphatic rings. The van der Waals surface area contributed by atoms with Crippen LogP contribution < -0.4 is 5.56 Å². The van der Waals surface area contributed by atoms with Gasteiger partial charge in [0.15, 0.2) is 0 Å². The summed E-state index contributed by atoms with van der Waals surface area (Å²) in [7, 11) is 0. The molecule has 21 heavy (non-hydrogen) atoms. The van der Waals surface area contributed by atoms with Crippen LogP contribution in [0.3, 0.4) is 0 Å². The summed E-state index contributed by atoms with van der Waals surface area (Å²) in [5, 5.41) is 7.90. The van der Waals surface area contributed by atoms with Gasteiger partial charge in [0.05, 0.1) is 22.6 Å². The quantitative estimate of drug-likeness (QED) is 0.542. The molecule has 100 valence electrons. The smallest absolute Gasteiger partial charge is 0.267 e. The maximum atomic E-state index is 12.3. The number of hydrogen-bond acceptors (Lipinski definition) is 3. The Kier molecular flexibility index (Phi) is 2.54. The van der Waals surface area contributed by atoms with Crippen molar-refractivity contribution in [1.29, 1.82) is 0 Å². The van der Waals surface area contributed by atoms with Gasteiger partial charge in [0.1, 0.15) is 0 Å². The van der Waals surface area contributed by atoms with Crippen molar-refractivity contribution in [2.75, 3.05) is 0 Å². The van der Waals surface area contributed by atoms with E-state index >= 15 is 0 Å². The molecule has 0 saturated heterocycles. The number of hydrogen-bond donors (Lipinski definition) is 1. The summed E-state index contributed by atoms with van der Waals surface area (Å²) in [4.78, 5) is 16.8. The molecule has 4 rings (SSSR count). The Bertz CT molecular complexity index is 1010. The number of para-hydroxylation sites is 1. The molecule has 1 N–H and O–H groups in total. The van der Waals surface area contributed by atoms with E-state index < -0.39 is 0 Å². The normalized spacial score (nSPS) is 11.0. The Morgan fingerprint density at radius 2 is 1.62 bits per heavy atom. The second kappa shape index (κ2) is 4.52. The summed E-state index contributed by atoms with van der Waals surface area (Å²) in [5.41, 5.74) is 3.15. The van der Waals surface area contributed by atoms with Gasteiger partial charge in [-0.25, -0.2) is 10.1 Å². The van der Waals surface area contributed by atoms with Crippen molar-refractivity contribution in [3.05, 3.63) is 71.1 Å². The van der Waals surface area contributed by atoms with E-state index in [1.54, 1.807) is 6.20 Å². The zero-order valence-electron chi connectivity index (χ0n) is 11.1. The minimum atomic E-state index is -0.218. The van der Waals surface area contributed by atoms with Crippen LogP contribution in [-0.4, -0.2) is 15.2 Å². The minimum Gasteiger partial charge on any atom is -0.267 e. The molecule has 4 heteroatoms. The molecule has 2 aromatic carbocycles. The monoisotopic (exact) mass is 273 g/mol. The maximum absolute atomic E-state index is 12.3. The van der Waals surface area contributed by atoms with E-state index in [0.29, 0.717) is 10.9 Å². The van der Waals surface area contributed by atoms with Gasteiger partial charge in [-0.3, -0.25) is 4.79 Å². The summed E-state index contributed by atoms with van der Waals surface area (Å²) in [6, 6.07) is 17.7. The highest BCUT2D eigenvalue weighted by Gasteiger charge is 2.13. The van der Waals surface area contributed by atoms with Crippen LogP contribution >= 0.6 is 0 Å². The average molecular weight is 273 g/mol. The van der Waals surface area contributed by atoms with Crippen LogP contribution in [0.2, 0.25) is 0 Å². The van der Waals surface area contributed by atoms with Crippen molar-refractivity contribution in [3.8, 4) is 11.1 Å². The molecule has 0 fully saturated rings. The van der Waals surface area contributed by atoms with Gasteiger partial charge in [0.25, 0.3) is 5.56 Å². The molecule has 0 unspecified atom stereocenters. The van der Waals surface area contributed by atoms with Gasteiger partial charge in [0.2, 0.25) is 0 Å². The second-order valence-electron chi connectivity index (χ2n) is 4.83. The van der Waals surface area contributed by atoms with Crippen molar-refractivity contribution in [2.45, 2.75) is 0 Å². The largest absolute Gasteiger partial charge is 0.274 e. The van der Waals surface area contributed by atoms with E-state index in [4.69, 9.17) is 0 Å². The summed E-state index contributed by atoms with van der Waals surface area (Å²) < 4.78 is 0. The fraction of sp³-hybridized carbons (Fsp3) is 0.